The van der Waals surface area contributed by atoms with Gasteiger partial charge in [-0.1, -0.05) is 43.5 Å². The molecule has 1 aliphatic carbocycles. The third kappa shape index (κ3) is 4.12. The molecule has 1 heterocycles. The molecule has 1 atom stereocenters. The maximum atomic E-state index is 12.6. The normalized spacial score (nSPS) is 15.7. The first-order valence-electron chi connectivity index (χ1n) is 8.79. The molecule has 1 aliphatic rings. The Morgan fingerprint density at radius 1 is 1.12 bits per heavy atom. The molecule has 6 heteroatoms. The SMILES string of the molecule is N#C[C@H](C(=O)NC1CCCCC1)C(=O)c1ccc(-c2cnccn2)cc1. The summed E-state index contributed by atoms with van der Waals surface area (Å²) in [5.41, 5.74) is 1.84. The van der Waals surface area contributed by atoms with Crippen LogP contribution in [-0.2, 0) is 4.79 Å². The molecule has 3 rings (SSSR count). The van der Waals surface area contributed by atoms with E-state index in [4.69, 9.17) is 0 Å². The predicted octanol–water partition coefficient (Wildman–Crippen LogP) is 2.91. The number of carbonyl (C=O) groups is 2. The van der Waals surface area contributed by atoms with Gasteiger partial charge < -0.3 is 5.32 Å². The monoisotopic (exact) mass is 348 g/mol. The number of Topliss-reactive ketones (excluding diaryl/α,β-unsaturated/α-hetero) is 1. The van der Waals surface area contributed by atoms with E-state index in [9.17, 15) is 14.9 Å². The molecule has 0 spiro atoms. The van der Waals surface area contributed by atoms with Crippen LogP contribution in [-0.4, -0.2) is 27.7 Å². The lowest BCUT2D eigenvalue weighted by Crippen LogP contribution is -2.42. The number of amides is 1. The third-order valence-electron chi connectivity index (χ3n) is 4.63. The van der Waals surface area contributed by atoms with E-state index in [0.29, 0.717) is 11.3 Å². The second kappa shape index (κ2) is 8.34. The van der Waals surface area contributed by atoms with Gasteiger partial charge in [0, 0.05) is 29.6 Å². The number of aromatic nitrogens is 2. The van der Waals surface area contributed by atoms with Crippen molar-refractivity contribution in [1.82, 2.24) is 15.3 Å². The second-order valence-electron chi connectivity index (χ2n) is 6.44. The first kappa shape index (κ1) is 17.7. The van der Waals surface area contributed by atoms with E-state index < -0.39 is 17.6 Å². The number of ketones is 1. The van der Waals surface area contributed by atoms with Gasteiger partial charge in [-0.15, -0.1) is 0 Å². The van der Waals surface area contributed by atoms with Crippen LogP contribution in [0.2, 0.25) is 0 Å². The summed E-state index contributed by atoms with van der Waals surface area (Å²) in [6.07, 6.45) is 9.94. The largest absolute Gasteiger partial charge is 0.352 e. The fourth-order valence-electron chi connectivity index (χ4n) is 3.19. The van der Waals surface area contributed by atoms with Crippen LogP contribution in [0.25, 0.3) is 11.3 Å². The average Bonchev–Trinajstić information content (AvgIpc) is 2.70. The zero-order chi connectivity index (χ0) is 18.4. The molecule has 1 fully saturated rings. The topological polar surface area (TPSA) is 95.7 Å². The highest BCUT2D eigenvalue weighted by atomic mass is 16.2. The highest BCUT2D eigenvalue weighted by Gasteiger charge is 2.29. The van der Waals surface area contributed by atoms with Gasteiger partial charge in [0.1, 0.15) is 0 Å². The van der Waals surface area contributed by atoms with E-state index in [-0.39, 0.29) is 6.04 Å². The molecular formula is C20H20N4O2. The van der Waals surface area contributed by atoms with Gasteiger partial charge in [0.2, 0.25) is 5.91 Å². The number of rotatable bonds is 5. The summed E-state index contributed by atoms with van der Waals surface area (Å²) in [4.78, 5) is 33.2. The predicted molar refractivity (Wildman–Crippen MR) is 95.9 cm³/mol. The van der Waals surface area contributed by atoms with Crippen LogP contribution in [0, 0.1) is 17.2 Å². The Morgan fingerprint density at radius 3 is 2.46 bits per heavy atom. The van der Waals surface area contributed by atoms with E-state index in [1.807, 2.05) is 6.07 Å². The minimum atomic E-state index is -1.32. The maximum absolute atomic E-state index is 12.6. The molecule has 0 radical (unpaired) electrons. The molecule has 0 unspecified atom stereocenters. The van der Waals surface area contributed by atoms with Crippen molar-refractivity contribution < 1.29 is 9.59 Å². The summed E-state index contributed by atoms with van der Waals surface area (Å²) in [6, 6.07) is 8.63. The van der Waals surface area contributed by atoms with Crippen LogP contribution in [0.1, 0.15) is 42.5 Å². The van der Waals surface area contributed by atoms with E-state index in [2.05, 4.69) is 15.3 Å². The lowest BCUT2D eigenvalue weighted by Gasteiger charge is -2.23. The van der Waals surface area contributed by atoms with E-state index in [0.717, 1.165) is 31.2 Å². The van der Waals surface area contributed by atoms with Crippen LogP contribution in [0.15, 0.2) is 42.9 Å². The smallest absolute Gasteiger partial charge is 0.245 e. The van der Waals surface area contributed by atoms with Gasteiger partial charge in [-0.05, 0) is 12.8 Å². The fourth-order valence-corrected chi connectivity index (χ4v) is 3.19. The quantitative estimate of drug-likeness (QED) is 0.662. The van der Waals surface area contributed by atoms with Crippen molar-refractivity contribution >= 4 is 11.7 Å². The molecule has 2 aromatic rings. The van der Waals surface area contributed by atoms with E-state index >= 15 is 0 Å². The number of carbonyl (C=O) groups excluding carboxylic acids is 2. The Kier molecular flexibility index (Phi) is 5.69. The van der Waals surface area contributed by atoms with Crippen molar-refractivity contribution in [2.24, 2.45) is 5.92 Å². The molecule has 1 aromatic carbocycles. The first-order chi connectivity index (χ1) is 12.7. The number of nitrogens with one attached hydrogen (secondary N) is 1. The molecule has 0 saturated heterocycles. The van der Waals surface area contributed by atoms with Gasteiger partial charge in [-0.3, -0.25) is 19.6 Å². The molecule has 26 heavy (non-hydrogen) atoms. The van der Waals surface area contributed by atoms with Crippen molar-refractivity contribution in [2.75, 3.05) is 0 Å². The van der Waals surface area contributed by atoms with Gasteiger partial charge >= 0.3 is 0 Å². The van der Waals surface area contributed by atoms with Gasteiger partial charge in [0.05, 0.1) is 18.0 Å². The van der Waals surface area contributed by atoms with Crippen LogP contribution in [0.3, 0.4) is 0 Å². The first-order valence-corrected chi connectivity index (χ1v) is 8.79. The zero-order valence-corrected chi connectivity index (χ0v) is 14.4. The van der Waals surface area contributed by atoms with Crippen molar-refractivity contribution in [3.8, 4) is 17.3 Å². The Hall–Kier alpha value is -3.07. The Bertz CT molecular complexity index is 806. The highest BCUT2D eigenvalue weighted by molar-refractivity contribution is 6.12. The molecule has 1 saturated carbocycles. The molecule has 1 aromatic heterocycles. The van der Waals surface area contributed by atoms with Gasteiger partial charge in [-0.25, -0.2) is 0 Å². The van der Waals surface area contributed by atoms with Crippen LogP contribution in [0.4, 0.5) is 0 Å². The summed E-state index contributed by atoms with van der Waals surface area (Å²) >= 11 is 0. The minimum absolute atomic E-state index is 0.0685. The summed E-state index contributed by atoms with van der Waals surface area (Å²) in [7, 11) is 0. The summed E-state index contributed by atoms with van der Waals surface area (Å²) in [5.74, 6) is -2.30. The molecule has 6 nitrogen and oxygen atoms in total. The lowest BCUT2D eigenvalue weighted by molar-refractivity contribution is -0.123. The standard InChI is InChI=1S/C20H20N4O2/c21-12-17(20(26)24-16-4-2-1-3-5-16)19(25)15-8-6-14(7-9-15)18-13-22-10-11-23-18/h6-11,13,16-17H,1-5H2,(H,24,26)/t17-/m0/s1. The van der Waals surface area contributed by atoms with E-state index in [1.165, 1.54) is 6.42 Å². The van der Waals surface area contributed by atoms with Crippen molar-refractivity contribution in [3.63, 3.8) is 0 Å². The number of hydrogen-bond donors (Lipinski definition) is 1. The number of benzene rings is 1. The highest BCUT2D eigenvalue weighted by Crippen LogP contribution is 2.20. The van der Waals surface area contributed by atoms with Crippen molar-refractivity contribution in [2.45, 2.75) is 38.1 Å². The molecule has 1 N–H and O–H groups in total. The fraction of sp³-hybridized carbons (Fsp3) is 0.350. The van der Waals surface area contributed by atoms with Crippen molar-refractivity contribution in [3.05, 3.63) is 48.4 Å². The molecule has 0 bridgehead atoms. The van der Waals surface area contributed by atoms with Gasteiger partial charge in [-0.2, -0.15) is 5.26 Å². The Morgan fingerprint density at radius 2 is 1.85 bits per heavy atom. The van der Waals surface area contributed by atoms with Crippen LogP contribution >= 0.6 is 0 Å². The summed E-state index contributed by atoms with van der Waals surface area (Å²) in [6.45, 7) is 0. The molecule has 0 aliphatic heterocycles. The average molecular weight is 348 g/mol. The van der Waals surface area contributed by atoms with E-state index in [1.54, 1.807) is 42.9 Å². The zero-order valence-electron chi connectivity index (χ0n) is 14.4. The summed E-state index contributed by atoms with van der Waals surface area (Å²) < 4.78 is 0. The van der Waals surface area contributed by atoms with Gasteiger partial charge in [0.15, 0.2) is 11.7 Å². The Labute approximate surface area is 152 Å². The summed E-state index contributed by atoms with van der Waals surface area (Å²) in [5, 5.41) is 12.2. The maximum Gasteiger partial charge on any atom is 0.245 e. The van der Waals surface area contributed by atoms with Crippen LogP contribution in [0.5, 0.6) is 0 Å². The lowest BCUT2D eigenvalue weighted by atomic mass is 9.93. The molecule has 1 amide bonds. The Balaban J connectivity index is 1.70. The van der Waals surface area contributed by atoms with Crippen LogP contribution < -0.4 is 5.32 Å². The minimum Gasteiger partial charge on any atom is -0.352 e. The van der Waals surface area contributed by atoms with Crippen molar-refractivity contribution in [1.29, 1.82) is 5.26 Å². The molecule has 132 valence electrons. The van der Waals surface area contributed by atoms with Gasteiger partial charge in [0.25, 0.3) is 0 Å². The second-order valence-corrected chi connectivity index (χ2v) is 6.44. The molecular weight excluding hydrogens is 328 g/mol. The third-order valence-corrected chi connectivity index (χ3v) is 4.63. The number of nitriles is 1. The number of hydrogen-bond acceptors (Lipinski definition) is 5. The number of nitrogens with zero attached hydrogens (tertiary/aromatic N) is 3.